The first-order valence-corrected chi connectivity index (χ1v) is 5.05. The maximum atomic E-state index is 11.7. The molecule has 1 amide bonds. The first-order valence-electron chi connectivity index (χ1n) is 5.05. The number of fused-ring (bicyclic) bond motifs is 1. The Morgan fingerprint density at radius 1 is 1.47 bits per heavy atom. The summed E-state index contributed by atoms with van der Waals surface area (Å²) >= 11 is 0. The van der Waals surface area contributed by atoms with Gasteiger partial charge in [-0.2, -0.15) is 0 Å². The lowest BCUT2D eigenvalue weighted by atomic mass is 10.2. The zero-order chi connectivity index (χ0) is 11.1. The third-order valence-electron chi connectivity index (χ3n) is 2.21. The molecular formula is C12H15NO2. The maximum Gasteiger partial charge on any atom is 0.414 e. The van der Waals surface area contributed by atoms with Gasteiger partial charge in [-0.05, 0) is 31.9 Å². The van der Waals surface area contributed by atoms with Crippen LogP contribution >= 0.6 is 0 Å². The molecule has 0 unspecified atom stereocenters. The first-order chi connectivity index (χ1) is 6.96. The second kappa shape index (κ2) is 3.26. The molecule has 0 bridgehead atoms. The van der Waals surface area contributed by atoms with Crippen LogP contribution in [-0.4, -0.2) is 23.1 Å². The third-order valence-corrected chi connectivity index (χ3v) is 2.21. The minimum atomic E-state index is -0.433. The Kier molecular flexibility index (Phi) is 2.18. The molecule has 0 saturated heterocycles. The van der Waals surface area contributed by atoms with Gasteiger partial charge in [-0.1, -0.05) is 18.2 Å². The third kappa shape index (κ3) is 2.12. The van der Waals surface area contributed by atoms with E-state index in [4.69, 9.17) is 4.74 Å². The van der Waals surface area contributed by atoms with E-state index in [1.165, 1.54) is 5.57 Å². The summed E-state index contributed by atoms with van der Waals surface area (Å²) in [5.74, 6) is 0. The average Bonchev–Trinajstić information content (AvgIpc) is 2.56. The molecule has 0 fully saturated rings. The normalized spacial score (nSPS) is 18.7. The van der Waals surface area contributed by atoms with Crippen LogP contribution in [-0.2, 0) is 4.74 Å². The highest BCUT2D eigenvalue weighted by Crippen LogP contribution is 2.27. The zero-order valence-electron chi connectivity index (χ0n) is 9.28. The number of amides is 1. The van der Waals surface area contributed by atoms with Crippen molar-refractivity contribution in [2.75, 3.05) is 6.54 Å². The Morgan fingerprint density at radius 2 is 2.20 bits per heavy atom. The molecule has 0 atom stereocenters. The summed E-state index contributed by atoms with van der Waals surface area (Å²) in [6.45, 7) is 6.23. The average molecular weight is 205 g/mol. The summed E-state index contributed by atoms with van der Waals surface area (Å²) in [6, 6.07) is 0. The number of hydrogen-bond donors (Lipinski definition) is 0. The fourth-order valence-corrected chi connectivity index (χ4v) is 1.58. The van der Waals surface area contributed by atoms with Crippen molar-refractivity contribution in [1.82, 2.24) is 4.90 Å². The van der Waals surface area contributed by atoms with E-state index < -0.39 is 5.60 Å². The van der Waals surface area contributed by atoms with E-state index in [2.05, 4.69) is 0 Å². The van der Waals surface area contributed by atoms with Crippen molar-refractivity contribution >= 4 is 6.09 Å². The number of ether oxygens (including phenoxy) is 1. The minimum Gasteiger partial charge on any atom is -0.443 e. The van der Waals surface area contributed by atoms with Gasteiger partial charge in [0, 0.05) is 6.20 Å². The molecule has 80 valence electrons. The smallest absolute Gasteiger partial charge is 0.414 e. The van der Waals surface area contributed by atoms with Crippen LogP contribution in [0.4, 0.5) is 4.79 Å². The highest BCUT2D eigenvalue weighted by molar-refractivity contribution is 5.73. The van der Waals surface area contributed by atoms with E-state index in [-0.39, 0.29) is 6.09 Å². The van der Waals surface area contributed by atoms with Crippen LogP contribution in [0.5, 0.6) is 0 Å². The van der Waals surface area contributed by atoms with Gasteiger partial charge >= 0.3 is 6.09 Å². The van der Waals surface area contributed by atoms with Gasteiger partial charge in [0.05, 0.1) is 6.54 Å². The minimum absolute atomic E-state index is 0.279. The molecule has 2 aliphatic rings. The van der Waals surface area contributed by atoms with Crippen LogP contribution in [0.25, 0.3) is 0 Å². The van der Waals surface area contributed by atoms with Crippen LogP contribution in [0.15, 0.2) is 35.6 Å². The molecule has 3 heteroatoms. The second-order valence-corrected chi connectivity index (χ2v) is 4.74. The van der Waals surface area contributed by atoms with Crippen LogP contribution in [0.2, 0.25) is 0 Å². The highest BCUT2D eigenvalue weighted by atomic mass is 16.6. The molecule has 0 aromatic heterocycles. The standard InChI is InChI=1S/C12H15NO2/c1-12(2,3)15-11(14)13-7-9-5-4-6-10(9)8-13/h4-7H,8H2,1-3H3. The van der Waals surface area contributed by atoms with Gasteiger partial charge in [0.25, 0.3) is 0 Å². The highest BCUT2D eigenvalue weighted by Gasteiger charge is 2.27. The van der Waals surface area contributed by atoms with Crippen molar-refractivity contribution in [3.8, 4) is 0 Å². The van der Waals surface area contributed by atoms with Gasteiger partial charge < -0.3 is 4.74 Å². The van der Waals surface area contributed by atoms with Gasteiger partial charge in [-0.25, -0.2) is 4.79 Å². The summed E-state index contributed by atoms with van der Waals surface area (Å²) in [5.41, 5.74) is 1.86. The quantitative estimate of drug-likeness (QED) is 0.608. The summed E-state index contributed by atoms with van der Waals surface area (Å²) in [4.78, 5) is 13.3. The van der Waals surface area contributed by atoms with Gasteiger partial charge in [0.15, 0.2) is 0 Å². The summed E-state index contributed by atoms with van der Waals surface area (Å²) in [7, 11) is 0. The second-order valence-electron chi connectivity index (χ2n) is 4.74. The number of nitrogens with zero attached hydrogens (tertiary/aromatic N) is 1. The predicted octanol–water partition coefficient (Wildman–Crippen LogP) is 2.62. The Labute approximate surface area is 89.7 Å². The molecule has 1 aliphatic carbocycles. The van der Waals surface area contributed by atoms with E-state index in [0.717, 1.165) is 5.57 Å². The van der Waals surface area contributed by atoms with Crippen LogP contribution in [0, 0.1) is 0 Å². The van der Waals surface area contributed by atoms with Crippen molar-refractivity contribution in [3.05, 3.63) is 35.6 Å². The molecular weight excluding hydrogens is 190 g/mol. The SMILES string of the molecule is CC(C)(C)OC(=O)N1C=C2C=CC=C2C1. The molecule has 0 radical (unpaired) electrons. The molecule has 0 aromatic carbocycles. The van der Waals surface area contributed by atoms with Gasteiger partial charge in [-0.15, -0.1) is 0 Å². The molecule has 15 heavy (non-hydrogen) atoms. The topological polar surface area (TPSA) is 29.5 Å². The lowest BCUT2D eigenvalue weighted by Gasteiger charge is -2.23. The van der Waals surface area contributed by atoms with Crippen LogP contribution in [0.1, 0.15) is 20.8 Å². The van der Waals surface area contributed by atoms with E-state index in [0.29, 0.717) is 6.54 Å². The molecule has 0 N–H and O–H groups in total. The summed E-state index contributed by atoms with van der Waals surface area (Å²) in [5, 5.41) is 0. The summed E-state index contributed by atoms with van der Waals surface area (Å²) < 4.78 is 5.28. The summed E-state index contributed by atoms with van der Waals surface area (Å²) in [6.07, 6.45) is 7.58. The number of carbonyl (C=O) groups excluding carboxylic acids is 1. The molecule has 2 rings (SSSR count). The molecule has 3 nitrogen and oxygen atoms in total. The molecule has 0 aromatic rings. The van der Waals surface area contributed by atoms with Crippen molar-refractivity contribution in [2.45, 2.75) is 26.4 Å². The Balaban J connectivity index is 2.03. The van der Waals surface area contributed by atoms with E-state index in [1.54, 1.807) is 4.90 Å². The number of carbonyl (C=O) groups is 1. The maximum absolute atomic E-state index is 11.7. The van der Waals surface area contributed by atoms with Crippen LogP contribution in [0.3, 0.4) is 0 Å². The first kappa shape index (κ1) is 10.0. The lowest BCUT2D eigenvalue weighted by molar-refractivity contribution is 0.0357. The van der Waals surface area contributed by atoms with Gasteiger partial charge in [0.1, 0.15) is 5.60 Å². The van der Waals surface area contributed by atoms with E-state index in [1.807, 2.05) is 45.2 Å². The fourth-order valence-electron chi connectivity index (χ4n) is 1.58. The fraction of sp³-hybridized carbons (Fsp3) is 0.417. The van der Waals surface area contributed by atoms with Crippen LogP contribution < -0.4 is 0 Å². The van der Waals surface area contributed by atoms with Crippen molar-refractivity contribution in [2.24, 2.45) is 0 Å². The van der Waals surface area contributed by atoms with Crippen molar-refractivity contribution in [3.63, 3.8) is 0 Å². The Morgan fingerprint density at radius 3 is 2.80 bits per heavy atom. The lowest BCUT2D eigenvalue weighted by Crippen LogP contribution is -2.32. The van der Waals surface area contributed by atoms with Gasteiger partial charge in [0.2, 0.25) is 0 Å². The monoisotopic (exact) mass is 205 g/mol. The number of hydrogen-bond acceptors (Lipinski definition) is 2. The van der Waals surface area contributed by atoms with Crippen molar-refractivity contribution < 1.29 is 9.53 Å². The molecule has 1 aliphatic heterocycles. The molecule has 0 saturated carbocycles. The molecule has 0 spiro atoms. The van der Waals surface area contributed by atoms with Gasteiger partial charge in [-0.3, -0.25) is 4.90 Å². The Hall–Kier alpha value is -1.51. The van der Waals surface area contributed by atoms with E-state index in [9.17, 15) is 4.79 Å². The predicted molar refractivity (Wildman–Crippen MR) is 58.2 cm³/mol. The largest absolute Gasteiger partial charge is 0.443 e. The Bertz CT molecular complexity index is 383. The number of allylic oxidation sites excluding steroid dienone is 3. The van der Waals surface area contributed by atoms with E-state index >= 15 is 0 Å². The van der Waals surface area contributed by atoms with Crippen molar-refractivity contribution in [1.29, 1.82) is 0 Å². The number of rotatable bonds is 0. The molecule has 1 heterocycles. The zero-order valence-corrected chi connectivity index (χ0v) is 9.28.